The van der Waals surface area contributed by atoms with Gasteiger partial charge in [-0.2, -0.15) is 0 Å². The van der Waals surface area contributed by atoms with Gasteiger partial charge in [-0.3, -0.25) is 4.79 Å². The monoisotopic (exact) mass is 341 g/mol. The van der Waals surface area contributed by atoms with Crippen molar-refractivity contribution in [3.63, 3.8) is 0 Å². The Morgan fingerprint density at radius 2 is 1.96 bits per heavy atom. The summed E-state index contributed by atoms with van der Waals surface area (Å²) in [5.41, 5.74) is -0.222. The number of carboxylic acids is 1. The van der Waals surface area contributed by atoms with Crippen LogP contribution in [0.15, 0.2) is 12.4 Å². The summed E-state index contributed by atoms with van der Waals surface area (Å²) < 4.78 is 23.3. The molecule has 0 aromatic carbocycles. The molecule has 1 unspecified atom stereocenters. The molecule has 0 bridgehead atoms. The van der Waals surface area contributed by atoms with E-state index in [4.69, 9.17) is 5.11 Å². The van der Waals surface area contributed by atoms with Crippen LogP contribution in [0.3, 0.4) is 0 Å². The molecule has 1 atom stereocenters. The van der Waals surface area contributed by atoms with E-state index in [-0.39, 0.29) is 28.9 Å². The van der Waals surface area contributed by atoms with Crippen molar-refractivity contribution in [2.24, 2.45) is 0 Å². The number of aromatic carboxylic acids is 1. The molecule has 2 rings (SSSR count). The van der Waals surface area contributed by atoms with Crippen LogP contribution in [0.25, 0.3) is 0 Å². The van der Waals surface area contributed by atoms with Crippen LogP contribution in [0.1, 0.15) is 47.2 Å². The summed E-state index contributed by atoms with van der Waals surface area (Å²) in [4.78, 5) is 32.5. The minimum absolute atomic E-state index is 0.0235. The summed E-state index contributed by atoms with van der Waals surface area (Å²) in [6, 6.07) is -0.361. The SMILES string of the molecule is CCCCN(C(=O)c1cnc(C(=O)O)cn1)C1CCS(=O)(=O)C1. The molecular weight excluding hydrogens is 322 g/mol. The standard InChI is InChI=1S/C14H19N3O5S/c1-2-3-5-17(10-4-6-23(21,22)9-10)13(18)11-7-16-12(8-15-11)14(19)20/h7-8,10H,2-6,9H2,1H3,(H,19,20). The number of hydrogen-bond donors (Lipinski definition) is 1. The lowest BCUT2D eigenvalue weighted by atomic mass is 10.2. The first kappa shape index (κ1) is 17.3. The molecule has 8 nitrogen and oxygen atoms in total. The predicted octanol–water partition coefficient (Wildman–Crippen LogP) is 0.604. The molecule has 9 heteroatoms. The van der Waals surface area contributed by atoms with E-state index >= 15 is 0 Å². The number of sulfone groups is 1. The number of nitrogens with zero attached hydrogens (tertiary/aromatic N) is 3. The summed E-state index contributed by atoms with van der Waals surface area (Å²) in [5, 5.41) is 8.81. The smallest absolute Gasteiger partial charge is 0.356 e. The second-order valence-electron chi connectivity index (χ2n) is 5.50. The van der Waals surface area contributed by atoms with Gasteiger partial charge in [0, 0.05) is 12.6 Å². The maximum absolute atomic E-state index is 12.6. The van der Waals surface area contributed by atoms with Gasteiger partial charge in [-0.25, -0.2) is 23.2 Å². The topological polar surface area (TPSA) is 118 Å². The highest BCUT2D eigenvalue weighted by atomic mass is 32.2. The maximum Gasteiger partial charge on any atom is 0.356 e. The number of amides is 1. The number of aromatic nitrogens is 2. The summed E-state index contributed by atoms with van der Waals surface area (Å²) >= 11 is 0. The Morgan fingerprint density at radius 3 is 2.43 bits per heavy atom. The van der Waals surface area contributed by atoms with Crippen LogP contribution in [0, 0.1) is 0 Å². The third-order valence-electron chi connectivity index (χ3n) is 3.75. The van der Waals surface area contributed by atoms with Crippen LogP contribution < -0.4 is 0 Å². The normalized spacial score (nSPS) is 19.4. The molecule has 1 fully saturated rings. The Labute approximate surface area is 134 Å². The first-order valence-corrected chi connectivity index (χ1v) is 9.23. The highest BCUT2D eigenvalue weighted by molar-refractivity contribution is 7.91. The van der Waals surface area contributed by atoms with Gasteiger partial charge in [0.25, 0.3) is 5.91 Å². The van der Waals surface area contributed by atoms with E-state index in [0.717, 1.165) is 25.2 Å². The first-order chi connectivity index (χ1) is 10.8. The molecule has 2 heterocycles. The Kier molecular flexibility index (Phi) is 5.30. The molecule has 126 valence electrons. The van der Waals surface area contributed by atoms with Crippen LogP contribution in [-0.2, 0) is 9.84 Å². The number of hydrogen-bond acceptors (Lipinski definition) is 6. The molecule has 0 spiro atoms. The van der Waals surface area contributed by atoms with E-state index in [1.807, 2.05) is 6.92 Å². The lowest BCUT2D eigenvalue weighted by Crippen LogP contribution is -2.42. The molecule has 1 N–H and O–H groups in total. The summed E-state index contributed by atoms with van der Waals surface area (Å²) in [6.45, 7) is 2.42. The number of rotatable bonds is 6. The van der Waals surface area contributed by atoms with Gasteiger partial charge in [-0.1, -0.05) is 13.3 Å². The lowest BCUT2D eigenvalue weighted by molar-refractivity contribution is 0.0671. The van der Waals surface area contributed by atoms with E-state index in [1.165, 1.54) is 4.90 Å². The molecule has 1 aromatic rings. The summed E-state index contributed by atoms with van der Waals surface area (Å²) in [7, 11) is -3.11. The third kappa shape index (κ3) is 4.25. The molecule has 0 saturated carbocycles. The van der Waals surface area contributed by atoms with Crippen molar-refractivity contribution in [1.82, 2.24) is 14.9 Å². The fourth-order valence-electron chi connectivity index (χ4n) is 2.50. The molecule has 1 aliphatic heterocycles. The molecule has 23 heavy (non-hydrogen) atoms. The highest BCUT2D eigenvalue weighted by Crippen LogP contribution is 2.20. The minimum atomic E-state index is -3.11. The Balaban J connectivity index is 2.20. The molecule has 1 amide bonds. The van der Waals surface area contributed by atoms with Gasteiger partial charge < -0.3 is 10.0 Å². The van der Waals surface area contributed by atoms with Crippen LogP contribution in [0.2, 0.25) is 0 Å². The zero-order chi connectivity index (χ0) is 17.0. The number of carboxylic acid groups (broad SMARTS) is 1. The van der Waals surface area contributed by atoms with E-state index < -0.39 is 21.7 Å². The van der Waals surface area contributed by atoms with E-state index in [0.29, 0.717) is 13.0 Å². The second-order valence-corrected chi connectivity index (χ2v) is 7.73. The molecule has 1 aromatic heterocycles. The summed E-state index contributed by atoms with van der Waals surface area (Å²) in [6.07, 6.45) is 4.18. The molecule has 0 aliphatic carbocycles. The van der Waals surface area contributed by atoms with Crippen LogP contribution in [0.4, 0.5) is 0 Å². The lowest BCUT2D eigenvalue weighted by Gasteiger charge is -2.27. The number of carbonyl (C=O) groups is 2. The molecular formula is C14H19N3O5S. The number of unbranched alkanes of at least 4 members (excludes halogenated alkanes) is 1. The van der Waals surface area contributed by atoms with Gasteiger partial charge >= 0.3 is 5.97 Å². The van der Waals surface area contributed by atoms with Crippen molar-refractivity contribution >= 4 is 21.7 Å². The van der Waals surface area contributed by atoms with Gasteiger partial charge in [-0.05, 0) is 12.8 Å². The zero-order valence-electron chi connectivity index (χ0n) is 12.8. The van der Waals surface area contributed by atoms with Gasteiger partial charge in [0.05, 0.1) is 23.9 Å². The van der Waals surface area contributed by atoms with Crippen molar-refractivity contribution in [2.75, 3.05) is 18.1 Å². The van der Waals surface area contributed by atoms with Crippen molar-refractivity contribution < 1.29 is 23.1 Å². The number of carbonyl (C=O) groups excluding carboxylic acids is 1. The predicted molar refractivity (Wildman–Crippen MR) is 82.0 cm³/mol. The van der Waals surface area contributed by atoms with E-state index in [2.05, 4.69) is 9.97 Å². The van der Waals surface area contributed by atoms with Gasteiger partial charge in [0.1, 0.15) is 5.69 Å². The average molecular weight is 341 g/mol. The minimum Gasteiger partial charge on any atom is -0.476 e. The zero-order valence-corrected chi connectivity index (χ0v) is 13.6. The Bertz CT molecular complexity index is 687. The van der Waals surface area contributed by atoms with Crippen molar-refractivity contribution in [3.05, 3.63) is 23.8 Å². The van der Waals surface area contributed by atoms with Crippen LogP contribution >= 0.6 is 0 Å². The average Bonchev–Trinajstić information content (AvgIpc) is 2.87. The largest absolute Gasteiger partial charge is 0.476 e. The third-order valence-corrected chi connectivity index (χ3v) is 5.50. The van der Waals surface area contributed by atoms with E-state index in [1.54, 1.807) is 0 Å². The van der Waals surface area contributed by atoms with Crippen LogP contribution in [0.5, 0.6) is 0 Å². The second kappa shape index (κ2) is 7.03. The summed E-state index contributed by atoms with van der Waals surface area (Å²) in [5.74, 6) is -1.59. The van der Waals surface area contributed by atoms with Crippen LogP contribution in [-0.4, -0.2) is 64.4 Å². The molecule has 1 aliphatic rings. The maximum atomic E-state index is 12.6. The van der Waals surface area contributed by atoms with Crippen molar-refractivity contribution in [2.45, 2.75) is 32.2 Å². The quantitative estimate of drug-likeness (QED) is 0.805. The van der Waals surface area contributed by atoms with E-state index in [9.17, 15) is 18.0 Å². The highest BCUT2D eigenvalue weighted by Gasteiger charge is 2.35. The fraction of sp³-hybridized carbons (Fsp3) is 0.571. The first-order valence-electron chi connectivity index (χ1n) is 7.41. The Hall–Kier alpha value is -2.03. The van der Waals surface area contributed by atoms with Crippen molar-refractivity contribution in [3.8, 4) is 0 Å². The molecule has 1 saturated heterocycles. The van der Waals surface area contributed by atoms with Gasteiger partial charge in [0.2, 0.25) is 0 Å². The fourth-order valence-corrected chi connectivity index (χ4v) is 4.23. The van der Waals surface area contributed by atoms with Gasteiger partial charge in [-0.15, -0.1) is 0 Å². The van der Waals surface area contributed by atoms with Gasteiger partial charge in [0.15, 0.2) is 15.5 Å². The Morgan fingerprint density at radius 1 is 1.30 bits per heavy atom. The molecule has 0 radical (unpaired) electrons. The van der Waals surface area contributed by atoms with Crippen molar-refractivity contribution in [1.29, 1.82) is 0 Å².